The quantitative estimate of drug-likeness (QED) is 0.943. The van der Waals surface area contributed by atoms with Crippen LogP contribution < -0.4 is 5.32 Å². The second-order valence-corrected chi connectivity index (χ2v) is 5.63. The summed E-state index contributed by atoms with van der Waals surface area (Å²) in [5.74, 6) is -0.251. The van der Waals surface area contributed by atoms with Gasteiger partial charge in [0.25, 0.3) is 5.91 Å². The molecule has 0 aliphatic carbocycles. The first kappa shape index (κ1) is 15.2. The molecule has 6 heteroatoms. The lowest BCUT2D eigenvalue weighted by Gasteiger charge is -2.30. The van der Waals surface area contributed by atoms with Crippen LogP contribution in [0.15, 0.2) is 30.3 Å². The van der Waals surface area contributed by atoms with Gasteiger partial charge in [0, 0.05) is 19.1 Å². The lowest BCUT2D eigenvalue weighted by atomic mass is 10.1. The maximum absolute atomic E-state index is 12.4. The van der Waals surface area contributed by atoms with Crippen molar-refractivity contribution >= 4 is 28.4 Å². The van der Waals surface area contributed by atoms with Crippen molar-refractivity contribution in [1.29, 1.82) is 0 Å². The van der Waals surface area contributed by atoms with Gasteiger partial charge in [0.15, 0.2) is 0 Å². The maximum atomic E-state index is 12.4. The molecule has 1 aliphatic rings. The minimum absolute atomic E-state index is 0.0401. The van der Waals surface area contributed by atoms with Crippen LogP contribution in [-0.4, -0.2) is 43.4 Å². The predicted octanol–water partition coefficient (Wildman–Crippen LogP) is 2.42. The first-order chi connectivity index (χ1) is 10.7. The van der Waals surface area contributed by atoms with E-state index in [-0.39, 0.29) is 18.1 Å². The van der Waals surface area contributed by atoms with Gasteiger partial charge in [-0.15, -0.1) is 0 Å². The first-order valence-corrected chi connectivity index (χ1v) is 7.53. The van der Waals surface area contributed by atoms with Gasteiger partial charge >= 0.3 is 0 Å². The molecule has 1 aromatic heterocycles. The fourth-order valence-corrected chi connectivity index (χ4v) is 2.84. The van der Waals surface area contributed by atoms with Gasteiger partial charge in [-0.3, -0.25) is 4.79 Å². The van der Waals surface area contributed by atoms with E-state index in [4.69, 9.17) is 21.1 Å². The number of carbonyl (C=O) groups is 1. The maximum Gasteiger partial charge on any atom is 0.270 e. The first-order valence-electron chi connectivity index (χ1n) is 7.15. The third-order valence-electron chi connectivity index (χ3n) is 3.82. The van der Waals surface area contributed by atoms with Gasteiger partial charge in [-0.25, -0.2) is 4.98 Å². The number of hydrogen-bond donors (Lipinski definition) is 1. The molecule has 1 saturated heterocycles. The van der Waals surface area contributed by atoms with E-state index in [0.717, 1.165) is 11.8 Å². The summed E-state index contributed by atoms with van der Waals surface area (Å²) in [6.45, 7) is 1.09. The molecule has 1 fully saturated rings. The molecule has 0 spiro atoms. The molecule has 1 amide bonds. The van der Waals surface area contributed by atoms with Crippen LogP contribution in [0.4, 0.5) is 0 Å². The van der Waals surface area contributed by atoms with E-state index < -0.39 is 0 Å². The number of pyridine rings is 1. The average molecular weight is 321 g/mol. The van der Waals surface area contributed by atoms with Gasteiger partial charge in [0.1, 0.15) is 5.69 Å². The number of carbonyl (C=O) groups excluding carboxylic acids is 1. The topological polar surface area (TPSA) is 60.5 Å². The lowest BCUT2D eigenvalue weighted by molar-refractivity contribution is -0.0349. The monoisotopic (exact) mass is 320 g/mol. The number of benzene rings is 1. The lowest BCUT2D eigenvalue weighted by Crippen LogP contribution is -2.50. The summed E-state index contributed by atoms with van der Waals surface area (Å²) in [5.41, 5.74) is 0.959. The van der Waals surface area contributed by atoms with Crippen LogP contribution in [0.3, 0.4) is 0 Å². The highest BCUT2D eigenvalue weighted by atomic mass is 35.5. The SMILES string of the molecule is CO[C@@H]1CCOC[C@H]1NC(=O)c1ccc2cccc(Cl)c2n1. The summed E-state index contributed by atoms with van der Waals surface area (Å²) in [5, 5.41) is 4.36. The van der Waals surface area contributed by atoms with E-state index in [1.54, 1.807) is 19.2 Å². The van der Waals surface area contributed by atoms with E-state index >= 15 is 0 Å². The van der Waals surface area contributed by atoms with E-state index in [1.807, 2.05) is 18.2 Å². The minimum atomic E-state index is -0.251. The molecular weight excluding hydrogens is 304 g/mol. The molecule has 5 nitrogen and oxygen atoms in total. The molecule has 116 valence electrons. The standard InChI is InChI=1S/C16H17ClN2O3/c1-21-14-7-8-22-9-13(14)19-16(20)12-6-5-10-3-2-4-11(17)15(10)18-12/h2-6,13-14H,7-9H2,1H3,(H,19,20)/t13-,14-/m1/s1. The van der Waals surface area contributed by atoms with Crippen molar-refractivity contribution < 1.29 is 14.3 Å². The molecule has 0 unspecified atom stereocenters. The molecule has 1 N–H and O–H groups in total. The van der Waals surface area contributed by atoms with Crippen molar-refractivity contribution in [1.82, 2.24) is 10.3 Å². The number of fused-ring (bicyclic) bond motifs is 1. The highest BCUT2D eigenvalue weighted by molar-refractivity contribution is 6.35. The van der Waals surface area contributed by atoms with Crippen LogP contribution >= 0.6 is 11.6 Å². The molecule has 0 bridgehead atoms. The fourth-order valence-electron chi connectivity index (χ4n) is 2.61. The van der Waals surface area contributed by atoms with E-state index in [9.17, 15) is 4.79 Å². The summed E-state index contributed by atoms with van der Waals surface area (Å²) in [4.78, 5) is 16.8. The Morgan fingerprint density at radius 1 is 1.41 bits per heavy atom. The molecule has 0 saturated carbocycles. The Morgan fingerprint density at radius 3 is 3.09 bits per heavy atom. The summed E-state index contributed by atoms with van der Waals surface area (Å²) >= 11 is 6.14. The number of hydrogen-bond acceptors (Lipinski definition) is 4. The molecule has 2 heterocycles. The molecule has 22 heavy (non-hydrogen) atoms. The minimum Gasteiger partial charge on any atom is -0.379 e. The fraction of sp³-hybridized carbons (Fsp3) is 0.375. The number of ether oxygens (including phenoxy) is 2. The van der Waals surface area contributed by atoms with Crippen LogP contribution in [0.2, 0.25) is 5.02 Å². The third kappa shape index (κ3) is 3.06. The van der Waals surface area contributed by atoms with Crippen molar-refractivity contribution in [2.45, 2.75) is 18.6 Å². The zero-order chi connectivity index (χ0) is 15.5. The summed E-state index contributed by atoms with van der Waals surface area (Å²) in [6, 6.07) is 8.89. The van der Waals surface area contributed by atoms with Crippen molar-refractivity contribution in [2.75, 3.05) is 20.3 Å². The highest BCUT2D eigenvalue weighted by Gasteiger charge is 2.27. The smallest absolute Gasteiger partial charge is 0.270 e. The van der Waals surface area contributed by atoms with Crippen LogP contribution in [0.25, 0.3) is 10.9 Å². The molecule has 1 aliphatic heterocycles. The third-order valence-corrected chi connectivity index (χ3v) is 4.12. The Hall–Kier alpha value is -1.69. The Bertz CT molecular complexity index is 692. The molecule has 2 atom stereocenters. The second-order valence-electron chi connectivity index (χ2n) is 5.23. The van der Waals surface area contributed by atoms with Gasteiger partial charge in [-0.1, -0.05) is 29.8 Å². The van der Waals surface area contributed by atoms with E-state index in [2.05, 4.69) is 10.3 Å². The number of para-hydroxylation sites is 1. The molecule has 2 aromatic rings. The van der Waals surface area contributed by atoms with Crippen molar-refractivity contribution in [2.24, 2.45) is 0 Å². The van der Waals surface area contributed by atoms with Crippen molar-refractivity contribution in [3.05, 3.63) is 41.0 Å². The van der Waals surface area contributed by atoms with Crippen LogP contribution in [0.1, 0.15) is 16.9 Å². The number of aromatic nitrogens is 1. The zero-order valence-corrected chi connectivity index (χ0v) is 13.0. The van der Waals surface area contributed by atoms with Gasteiger partial charge in [0.2, 0.25) is 0 Å². The molecular formula is C16H17ClN2O3. The molecule has 0 radical (unpaired) electrons. The van der Waals surface area contributed by atoms with E-state index in [0.29, 0.717) is 29.4 Å². The number of halogens is 1. The Labute approximate surface area is 133 Å². The van der Waals surface area contributed by atoms with E-state index in [1.165, 1.54) is 0 Å². The normalized spacial score (nSPS) is 21.7. The summed E-state index contributed by atoms with van der Waals surface area (Å²) < 4.78 is 10.8. The van der Waals surface area contributed by atoms with Gasteiger partial charge in [-0.05, 0) is 18.6 Å². The average Bonchev–Trinajstić information content (AvgIpc) is 2.55. The molecule has 1 aromatic carbocycles. The number of nitrogens with zero attached hydrogens (tertiary/aromatic N) is 1. The Morgan fingerprint density at radius 2 is 2.27 bits per heavy atom. The summed E-state index contributed by atoms with van der Waals surface area (Å²) in [7, 11) is 1.64. The largest absolute Gasteiger partial charge is 0.379 e. The number of amides is 1. The van der Waals surface area contributed by atoms with Gasteiger partial charge < -0.3 is 14.8 Å². The second kappa shape index (κ2) is 6.60. The predicted molar refractivity (Wildman–Crippen MR) is 84.2 cm³/mol. The van der Waals surface area contributed by atoms with Gasteiger partial charge in [0.05, 0.1) is 29.3 Å². The highest BCUT2D eigenvalue weighted by Crippen LogP contribution is 2.21. The van der Waals surface area contributed by atoms with Crippen molar-refractivity contribution in [3.8, 4) is 0 Å². The van der Waals surface area contributed by atoms with Crippen LogP contribution in [-0.2, 0) is 9.47 Å². The van der Waals surface area contributed by atoms with Crippen molar-refractivity contribution in [3.63, 3.8) is 0 Å². The Kier molecular flexibility index (Phi) is 4.57. The number of rotatable bonds is 3. The number of nitrogens with one attached hydrogen (secondary N) is 1. The molecule has 3 rings (SSSR count). The summed E-state index contributed by atoms with van der Waals surface area (Å²) in [6.07, 6.45) is 0.722. The van der Waals surface area contributed by atoms with Crippen LogP contribution in [0.5, 0.6) is 0 Å². The van der Waals surface area contributed by atoms with Crippen LogP contribution in [0, 0.1) is 0 Å². The zero-order valence-electron chi connectivity index (χ0n) is 12.2. The number of methoxy groups -OCH3 is 1. The van der Waals surface area contributed by atoms with Gasteiger partial charge in [-0.2, -0.15) is 0 Å². The Balaban J connectivity index is 1.81.